The molecule has 14 heteroatoms. The second-order valence-corrected chi connectivity index (χ2v) is 11.8. The zero-order valence-corrected chi connectivity index (χ0v) is 24.4. The Hall–Kier alpha value is -3.81. The van der Waals surface area contributed by atoms with Gasteiger partial charge in [-0.1, -0.05) is 0 Å². The van der Waals surface area contributed by atoms with E-state index in [1.807, 2.05) is 0 Å². The number of benzene rings is 1. The lowest BCUT2D eigenvalue weighted by molar-refractivity contribution is -0.141. The maximum atomic E-state index is 14.6. The number of halogens is 4. The van der Waals surface area contributed by atoms with Crippen molar-refractivity contribution in [2.75, 3.05) is 25.0 Å². The molecule has 0 radical (unpaired) electrons. The zero-order chi connectivity index (χ0) is 30.7. The lowest BCUT2D eigenvalue weighted by atomic mass is 9.99. The number of aromatic nitrogens is 3. The van der Waals surface area contributed by atoms with E-state index in [2.05, 4.69) is 19.7 Å². The number of nitrogens with one attached hydrogen (secondary N) is 1. The maximum absolute atomic E-state index is 14.6. The molecule has 1 aliphatic rings. The minimum absolute atomic E-state index is 0.0284. The fraction of sp³-hybridized carbons (Fsp3) is 0.464. The van der Waals surface area contributed by atoms with E-state index >= 15 is 0 Å². The molecule has 0 spiro atoms. The van der Waals surface area contributed by atoms with Crippen LogP contribution in [0.15, 0.2) is 30.6 Å². The van der Waals surface area contributed by atoms with Gasteiger partial charge in [0, 0.05) is 48.3 Å². The number of rotatable bonds is 7. The molecule has 1 saturated heterocycles. The highest BCUT2D eigenvalue weighted by atomic mass is 32.1. The van der Waals surface area contributed by atoms with Crippen LogP contribution in [0.5, 0.6) is 5.75 Å². The summed E-state index contributed by atoms with van der Waals surface area (Å²) >= 11 is 1.03. The molecule has 42 heavy (non-hydrogen) atoms. The highest BCUT2D eigenvalue weighted by Crippen LogP contribution is 2.29. The zero-order valence-electron chi connectivity index (χ0n) is 23.5. The van der Waals surface area contributed by atoms with Gasteiger partial charge in [-0.2, -0.15) is 17.5 Å². The molecule has 1 aromatic carbocycles. The number of likely N-dealkylation sites (tertiary alicyclic amines) is 1. The summed E-state index contributed by atoms with van der Waals surface area (Å²) in [5, 5.41) is 2.72. The van der Waals surface area contributed by atoms with E-state index in [1.165, 1.54) is 18.2 Å². The molecule has 0 unspecified atom stereocenters. The van der Waals surface area contributed by atoms with Crippen LogP contribution in [0.1, 0.15) is 65.9 Å². The van der Waals surface area contributed by atoms with Crippen molar-refractivity contribution in [1.82, 2.24) is 19.2 Å². The largest absolute Gasteiger partial charge is 0.490 e. The molecule has 2 amide bonds. The van der Waals surface area contributed by atoms with E-state index < -0.39 is 35.3 Å². The van der Waals surface area contributed by atoms with Gasteiger partial charge in [-0.25, -0.2) is 14.2 Å². The Morgan fingerprint density at radius 3 is 2.60 bits per heavy atom. The summed E-state index contributed by atoms with van der Waals surface area (Å²) in [5.41, 5.74) is -0.519. The fourth-order valence-corrected chi connectivity index (χ4v) is 5.25. The predicted molar refractivity (Wildman–Crippen MR) is 147 cm³/mol. The molecule has 0 saturated carbocycles. The smallest absolute Gasteiger partial charge is 0.434 e. The van der Waals surface area contributed by atoms with Gasteiger partial charge in [-0.15, -0.1) is 0 Å². The normalized spacial score (nSPS) is 15.8. The summed E-state index contributed by atoms with van der Waals surface area (Å²) in [5.74, 6) is -1.21. The number of hydrogen-bond donors (Lipinski definition) is 1. The molecule has 1 aliphatic heterocycles. The Balaban J connectivity index is 1.39. The molecular weight excluding hydrogens is 578 g/mol. The number of aryl methyl sites for hydroxylation is 1. The van der Waals surface area contributed by atoms with Crippen LogP contribution in [0.25, 0.3) is 0 Å². The van der Waals surface area contributed by atoms with Gasteiger partial charge in [-0.3, -0.25) is 9.78 Å². The summed E-state index contributed by atoms with van der Waals surface area (Å²) in [4.78, 5) is 35.0. The molecule has 9 nitrogen and oxygen atoms in total. The van der Waals surface area contributed by atoms with Gasteiger partial charge in [-0.05, 0) is 64.2 Å². The third-order valence-corrected chi connectivity index (χ3v) is 7.27. The Bertz CT molecular complexity index is 1420. The van der Waals surface area contributed by atoms with Crippen LogP contribution in [0, 0.1) is 18.7 Å². The molecule has 1 N–H and O–H groups in total. The highest BCUT2D eigenvalue weighted by Gasteiger charge is 2.33. The van der Waals surface area contributed by atoms with Crippen LogP contribution in [0.3, 0.4) is 0 Å². The van der Waals surface area contributed by atoms with E-state index in [1.54, 1.807) is 32.6 Å². The summed E-state index contributed by atoms with van der Waals surface area (Å²) in [6, 6.07) is 3.94. The topological polar surface area (TPSA) is 107 Å². The minimum atomic E-state index is -4.60. The number of hydrogen-bond acceptors (Lipinski definition) is 8. The number of carbonyl (C=O) groups is 2. The van der Waals surface area contributed by atoms with Crippen LogP contribution < -0.4 is 10.1 Å². The van der Waals surface area contributed by atoms with Crippen LogP contribution >= 0.6 is 11.5 Å². The summed E-state index contributed by atoms with van der Waals surface area (Å²) in [6.45, 7) is 8.20. The third-order valence-electron chi connectivity index (χ3n) is 6.33. The maximum Gasteiger partial charge on any atom is 0.434 e. The van der Waals surface area contributed by atoms with Crippen molar-refractivity contribution in [3.05, 3.63) is 63.9 Å². The van der Waals surface area contributed by atoms with Crippen molar-refractivity contribution in [2.24, 2.45) is 5.92 Å². The third kappa shape index (κ3) is 8.14. The quantitative estimate of drug-likeness (QED) is 0.315. The van der Waals surface area contributed by atoms with Gasteiger partial charge in [0.05, 0.1) is 29.8 Å². The van der Waals surface area contributed by atoms with E-state index in [0.717, 1.165) is 30.6 Å². The van der Waals surface area contributed by atoms with Gasteiger partial charge in [0.2, 0.25) is 0 Å². The molecule has 3 aromatic rings. The minimum Gasteiger partial charge on any atom is -0.490 e. The summed E-state index contributed by atoms with van der Waals surface area (Å²) in [6.07, 6.45) is -1.72. The van der Waals surface area contributed by atoms with Gasteiger partial charge >= 0.3 is 12.3 Å². The first-order valence-corrected chi connectivity index (χ1v) is 14.0. The average molecular weight is 610 g/mol. The monoisotopic (exact) mass is 609 g/mol. The molecule has 1 atom stereocenters. The number of piperidine rings is 1. The van der Waals surface area contributed by atoms with Crippen LogP contribution in [0.2, 0.25) is 0 Å². The number of carbonyl (C=O) groups excluding carboxylic acids is 2. The van der Waals surface area contributed by atoms with Crippen LogP contribution in [0.4, 0.5) is 28.0 Å². The van der Waals surface area contributed by atoms with Crippen molar-refractivity contribution < 1.29 is 36.6 Å². The van der Waals surface area contributed by atoms with Gasteiger partial charge in [0.1, 0.15) is 5.60 Å². The highest BCUT2D eigenvalue weighted by molar-refractivity contribution is 7.06. The number of amides is 2. The van der Waals surface area contributed by atoms with E-state index in [-0.39, 0.29) is 41.6 Å². The van der Waals surface area contributed by atoms with Gasteiger partial charge < -0.3 is 19.7 Å². The first kappa shape index (κ1) is 31.1. The van der Waals surface area contributed by atoms with E-state index in [9.17, 15) is 27.2 Å². The molecule has 0 bridgehead atoms. The first-order chi connectivity index (χ1) is 19.7. The van der Waals surface area contributed by atoms with Crippen LogP contribution in [-0.2, 0) is 17.3 Å². The SMILES string of the molecule is Cc1nsc(Cc2cnc(C(F)(F)F)cn2)c1C(=O)Nc1ccc(F)c(OC[C@H]2CCCN(C(=O)OC(C)(C)C)C2)c1. The molecular formula is C28H31F4N5O4S. The molecule has 226 valence electrons. The molecule has 0 aliphatic carbocycles. The Morgan fingerprint density at radius 1 is 1.17 bits per heavy atom. The lowest BCUT2D eigenvalue weighted by Gasteiger charge is -2.34. The lowest BCUT2D eigenvalue weighted by Crippen LogP contribution is -2.44. The first-order valence-electron chi connectivity index (χ1n) is 13.2. The number of ether oxygens (including phenoxy) is 2. The number of nitrogens with zero attached hydrogens (tertiary/aromatic N) is 4. The van der Waals surface area contributed by atoms with Crippen molar-refractivity contribution in [1.29, 1.82) is 0 Å². The predicted octanol–water partition coefficient (Wildman–Crippen LogP) is 6.27. The van der Waals surface area contributed by atoms with Gasteiger partial charge in [0.15, 0.2) is 17.3 Å². The van der Waals surface area contributed by atoms with E-state index in [0.29, 0.717) is 29.9 Å². The average Bonchev–Trinajstić information content (AvgIpc) is 3.27. The second kappa shape index (κ2) is 12.6. The number of anilines is 1. The number of alkyl halides is 3. The van der Waals surface area contributed by atoms with Crippen molar-refractivity contribution in [2.45, 2.75) is 58.7 Å². The van der Waals surface area contributed by atoms with Crippen LogP contribution in [-0.4, -0.2) is 56.5 Å². The Labute approximate surface area is 244 Å². The fourth-order valence-electron chi connectivity index (χ4n) is 4.37. The Morgan fingerprint density at radius 2 is 1.93 bits per heavy atom. The molecule has 2 aromatic heterocycles. The molecule has 1 fully saturated rings. The van der Waals surface area contributed by atoms with Crippen molar-refractivity contribution >= 4 is 29.2 Å². The molecule has 3 heterocycles. The van der Waals surface area contributed by atoms with Crippen molar-refractivity contribution in [3.63, 3.8) is 0 Å². The van der Waals surface area contributed by atoms with E-state index in [4.69, 9.17) is 9.47 Å². The Kier molecular flexibility index (Phi) is 9.34. The molecule has 4 rings (SSSR count). The van der Waals surface area contributed by atoms with Gasteiger partial charge in [0.25, 0.3) is 5.91 Å². The second-order valence-electron chi connectivity index (χ2n) is 11.0. The van der Waals surface area contributed by atoms with Crippen molar-refractivity contribution in [3.8, 4) is 5.75 Å². The summed E-state index contributed by atoms with van der Waals surface area (Å²) < 4.78 is 68.4. The standard InChI is InChI=1S/C28H31F4N5O4S/c1-16-24(22(42-36-16)11-19-12-34-23(13-33-19)28(30,31)32)25(38)35-18-7-8-20(29)21(10-18)40-15-17-6-5-9-37(14-17)26(39)41-27(2,3)4/h7-8,10,12-13,17H,5-6,9,11,14-15H2,1-4H3,(H,35,38)/t17-/m0/s1. The summed E-state index contributed by atoms with van der Waals surface area (Å²) in [7, 11) is 0.